The minimum Gasteiger partial charge on any atom is -0.488 e. The van der Waals surface area contributed by atoms with E-state index in [1.807, 2.05) is 13.0 Å². The molecule has 0 amide bonds. The van der Waals surface area contributed by atoms with E-state index in [4.69, 9.17) is 4.74 Å². The van der Waals surface area contributed by atoms with Gasteiger partial charge in [-0.2, -0.15) is 0 Å². The highest BCUT2D eigenvalue weighted by molar-refractivity contribution is 5.40. The van der Waals surface area contributed by atoms with Crippen molar-refractivity contribution < 1.29 is 4.74 Å². The maximum atomic E-state index is 5.93. The predicted octanol–water partition coefficient (Wildman–Crippen LogP) is 2.19. The van der Waals surface area contributed by atoms with Gasteiger partial charge in [0.25, 0.3) is 0 Å². The molecule has 4 nitrogen and oxygen atoms in total. The van der Waals surface area contributed by atoms with Crippen molar-refractivity contribution in [2.24, 2.45) is 0 Å². The zero-order valence-corrected chi connectivity index (χ0v) is 11.9. The Bertz CT molecular complexity index is 612. The molecule has 2 heterocycles. The van der Waals surface area contributed by atoms with E-state index >= 15 is 0 Å². The summed E-state index contributed by atoms with van der Waals surface area (Å²) in [6.07, 6.45) is 2.99. The van der Waals surface area contributed by atoms with Crippen LogP contribution >= 0.6 is 0 Å². The molecule has 1 N–H and O–H groups in total. The lowest BCUT2D eigenvalue weighted by atomic mass is 10.1. The molecule has 0 aliphatic carbocycles. The van der Waals surface area contributed by atoms with Crippen molar-refractivity contribution in [3.63, 3.8) is 0 Å². The van der Waals surface area contributed by atoms with Crippen LogP contribution in [-0.2, 0) is 13.0 Å². The van der Waals surface area contributed by atoms with E-state index in [9.17, 15) is 0 Å². The molecule has 3 rings (SSSR count). The van der Waals surface area contributed by atoms with Crippen LogP contribution in [0.25, 0.3) is 0 Å². The summed E-state index contributed by atoms with van der Waals surface area (Å²) in [5.74, 6) is 1.84. The molecular weight excluding hydrogens is 250 g/mol. The maximum Gasteiger partial charge on any atom is 0.125 e. The summed E-state index contributed by atoms with van der Waals surface area (Å²) in [5.41, 5.74) is 3.62. The van der Waals surface area contributed by atoms with Gasteiger partial charge in [0.1, 0.15) is 17.7 Å². The molecule has 2 aromatic rings. The fraction of sp³-hybridized carbons (Fsp3) is 0.375. The van der Waals surface area contributed by atoms with Gasteiger partial charge in [-0.05, 0) is 31.5 Å². The number of benzene rings is 1. The quantitative estimate of drug-likeness (QED) is 0.924. The van der Waals surface area contributed by atoms with Crippen LogP contribution in [-0.4, -0.2) is 22.6 Å². The molecule has 0 bridgehead atoms. The SMILES string of the molecule is Cc1ccc2c(c1)CC(CNCc1ccnc(C)n1)O2. The normalized spacial score (nSPS) is 16.8. The van der Waals surface area contributed by atoms with Crippen LogP contribution < -0.4 is 10.1 Å². The molecule has 0 saturated heterocycles. The second kappa shape index (κ2) is 5.59. The Morgan fingerprint density at radius 1 is 1.30 bits per heavy atom. The largest absolute Gasteiger partial charge is 0.488 e. The summed E-state index contributed by atoms with van der Waals surface area (Å²) in [5, 5.41) is 3.41. The summed E-state index contributed by atoms with van der Waals surface area (Å²) < 4.78 is 5.93. The third-order valence-electron chi connectivity index (χ3n) is 3.47. The van der Waals surface area contributed by atoms with Gasteiger partial charge in [-0.25, -0.2) is 9.97 Å². The second-order valence-corrected chi connectivity index (χ2v) is 5.28. The highest BCUT2D eigenvalue weighted by Crippen LogP contribution is 2.29. The molecule has 20 heavy (non-hydrogen) atoms. The summed E-state index contributed by atoms with van der Waals surface area (Å²) in [4.78, 5) is 8.47. The number of aromatic nitrogens is 2. The van der Waals surface area contributed by atoms with Gasteiger partial charge in [0, 0.05) is 25.7 Å². The minimum atomic E-state index is 0.217. The van der Waals surface area contributed by atoms with Gasteiger partial charge in [-0.15, -0.1) is 0 Å². The van der Waals surface area contributed by atoms with E-state index in [1.165, 1.54) is 11.1 Å². The van der Waals surface area contributed by atoms with Crippen molar-refractivity contribution in [1.82, 2.24) is 15.3 Å². The Balaban J connectivity index is 1.51. The van der Waals surface area contributed by atoms with E-state index in [0.717, 1.165) is 36.8 Å². The molecule has 1 atom stereocenters. The zero-order chi connectivity index (χ0) is 13.9. The molecule has 1 aliphatic heterocycles. The fourth-order valence-electron chi connectivity index (χ4n) is 2.53. The molecule has 1 aromatic heterocycles. The molecule has 104 valence electrons. The van der Waals surface area contributed by atoms with Crippen LogP contribution in [0.5, 0.6) is 5.75 Å². The highest BCUT2D eigenvalue weighted by Gasteiger charge is 2.22. The molecule has 1 aromatic carbocycles. The number of ether oxygens (including phenoxy) is 1. The van der Waals surface area contributed by atoms with E-state index in [0.29, 0.717) is 0 Å². The van der Waals surface area contributed by atoms with Gasteiger partial charge < -0.3 is 10.1 Å². The summed E-state index contributed by atoms with van der Waals surface area (Å²) in [6, 6.07) is 8.31. The minimum absolute atomic E-state index is 0.217. The topological polar surface area (TPSA) is 47.0 Å². The number of nitrogens with one attached hydrogen (secondary N) is 1. The summed E-state index contributed by atoms with van der Waals surface area (Å²) in [7, 11) is 0. The predicted molar refractivity (Wildman–Crippen MR) is 77.8 cm³/mol. The Morgan fingerprint density at radius 3 is 3.05 bits per heavy atom. The van der Waals surface area contributed by atoms with Gasteiger partial charge in [0.05, 0.1) is 5.69 Å². The molecule has 0 radical (unpaired) electrons. The van der Waals surface area contributed by atoms with Crippen molar-refractivity contribution in [3.8, 4) is 5.75 Å². The summed E-state index contributed by atoms with van der Waals surface area (Å²) >= 11 is 0. The van der Waals surface area contributed by atoms with Crippen molar-refractivity contribution in [1.29, 1.82) is 0 Å². The van der Waals surface area contributed by atoms with Crippen molar-refractivity contribution in [3.05, 3.63) is 53.1 Å². The van der Waals surface area contributed by atoms with Crippen LogP contribution in [0.3, 0.4) is 0 Å². The van der Waals surface area contributed by atoms with Crippen LogP contribution in [0.4, 0.5) is 0 Å². The lowest BCUT2D eigenvalue weighted by molar-refractivity contribution is 0.227. The van der Waals surface area contributed by atoms with Crippen LogP contribution in [0.1, 0.15) is 22.6 Å². The number of rotatable bonds is 4. The fourth-order valence-corrected chi connectivity index (χ4v) is 2.53. The maximum absolute atomic E-state index is 5.93. The Hall–Kier alpha value is -1.94. The van der Waals surface area contributed by atoms with Crippen LogP contribution in [0, 0.1) is 13.8 Å². The van der Waals surface area contributed by atoms with Crippen molar-refractivity contribution in [2.75, 3.05) is 6.54 Å². The Labute approximate surface area is 119 Å². The first-order chi connectivity index (χ1) is 9.70. The lowest BCUT2D eigenvalue weighted by Crippen LogP contribution is -2.30. The third-order valence-corrected chi connectivity index (χ3v) is 3.47. The first-order valence-corrected chi connectivity index (χ1v) is 6.96. The Morgan fingerprint density at radius 2 is 2.20 bits per heavy atom. The zero-order valence-electron chi connectivity index (χ0n) is 11.9. The molecule has 0 spiro atoms. The van der Waals surface area contributed by atoms with Crippen molar-refractivity contribution in [2.45, 2.75) is 32.9 Å². The van der Waals surface area contributed by atoms with Crippen LogP contribution in [0.15, 0.2) is 30.5 Å². The van der Waals surface area contributed by atoms with Crippen LogP contribution in [0.2, 0.25) is 0 Å². The number of hydrogen-bond donors (Lipinski definition) is 1. The monoisotopic (exact) mass is 269 g/mol. The number of nitrogens with zero attached hydrogens (tertiary/aromatic N) is 2. The Kier molecular flexibility index (Phi) is 3.65. The van der Waals surface area contributed by atoms with Gasteiger partial charge in [0.2, 0.25) is 0 Å². The van der Waals surface area contributed by atoms with Gasteiger partial charge in [0.15, 0.2) is 0 Å². The smallest absolute Gasteiger partial charge is 0.125 e. The number of hydrogen-bond acceptors (Lipinski definition) is 4. The van der Waals surface area contributed by atoms with Gasteiger partial charge in [-0.1, -0.05) is 17.7 Å². The molecular formula is C16H19N3O. The molecule has 0 fully saturated rings. The van der Waals surface area contributed by atoms with Gasteiger partial charge >= 0.3 is 0 Å². The molecule has 4 heteroatoms. The first kappa shape index (κ1) is 13.1. The third kappa shape index (κ3) is 2.96. The average Bonchev–Trinajstić information content (AvgIpc) is 2.80. The number of aryl methyl sites for hydroxylation is 2. The lowest BCUT2D eigenvalue weighted by Gasteiger charge is -2.11. The molecule has 1 unspecified atom stereocenters. The number of fused-ring (bicyclic) bond motifs is 1. The van der Waals surface area contributed by atoms with E-state index in [1.54, 1.807) is 6.20 Å². The standard InChI is InChI=1S/C16H19N3O/c1-11-3-4-16-13(7-11)8-15(20-16)10-17-9-14-5-6-18-12(2)19-14/h3-7,15,17H,8-10H2,1-2H3. The van der Waals surface area contributed by atoms with Gasteiger partial charge in [-0.3, -0.25) is 0 Å². The average molecular weight is 269 g/mol. The molecule has 0 saturated carbocycles. The summed E-state index contributed by atoms with van der Waals surface area (Å²) in [6.45, 7) is 5.60. The second-order valence-electron chi connectivity index (χ2n) is 5.28. The van der Waals surface area contributed by atoms with E-state index < -0.39 is 0 Å². The van der Waals surface area contributed by atoms with E-state index in [-0.39, 0.29) is 6.10 Å². The van der Waals surface area contributed by atoms with E-state index in [2.05, 4.69) is 40.4 Å². The highest BCUT2D eigenvalue weighted by atomic mass is 16.5. The molecule has 1 aliphatic rings. The van der Waals surface area contributed by atoms with Crippen molar-refractivity contribution >= 4 is 0 Å². The first-order valence-electron chi connectivity index (χ1n) is 6.96.